The lowest BCUT2D eigenvalue weighted by atomic mass is 10.2. The molecule has 3 rings (SSSR count). The number of carbonyl (C=O) groups is 1. The number of nitrogens with zero attached hydrogens (tertiary/aromatic N) is 4. The highest BCUT2D eigenvalue weighted by Crippen LogP contribution is 2.34. The van der Waals surface area contributed by atoms with E-state index >= 15 is 0 Å². The molecule has 1 amide bonds. The van der Waals surface area contributed by atoms with Gasteiger partial charge in [-0.1, -0.05) is 0 Å². The topological polar surface area (TPSA) is 51.0 Å². The van der Waals surface area contributed by atoms with Crippen LogP contribution in [-0.4, -0.2) is 39.7 Å². The SMILES string of the molecule is CN(C)C(=O)Cn1ncc2ncc(-c3ccc(C(F)F)s3)cc21. The first-order valence-corrected chi connectivity index (χ1v) is 7.67. The third kappa shape index (κ3) is 3.07. The van der Waals surface area contributed by atoms with Crippen molar-refractivity contribution in [3.63, 3.8) is 0 Å². The van der Waals surface area contributed by atoms with Gasteiger partial charge in [-0.15, -0.1) is 11.3 Å². The number of halogens is 2. The van der Waals surface area contributed by atoms with Crippen LogP contribution in [0.25, 0.3) is 21.5 Å². The lowest BCUT2D eigenvalue weighted by molar-refractivity contribution is -0.129. The molecular formula is C15H14F2N4OS. The molecule has 0 spiro atoms. The molecule has 0 aliphatic carbocycles. The summed E-state index contributed by atoms with van der Waals surface area (Å²) in [6.07, 6.45) is 0.734. The van der Waals surface area contributed by atoms with Gasteiger partial charge in [-0.05, 0) is 18.2 Å². The molecule has 120 valence electrons. The lowest BCUT2D eigenvalue weighted by Gasteiger charge is -2.10. The Morgan fingerprint density at radius 2 is 2.13 bits per heavy atom. The third-order valence-corrected chi connectivity index (χ3v) is 4.55. The smallest absolute Gasteiger partial charge is 0.272 e. The van der Waals surface area contributed by atoms with Crippen molar-refractivity contribution < 1.29 is 13.6 Å². The van der Waals surface area contributed by atoms with Crippen LogP contribution in [-0.2, 0) is 11.3 Å². The van der Waals surface area contributed by atoms with E-state index in [2.05, 4.69) is 10.1 Å². The van der Waals surface area contributed by atoms with Crippen molar-refractivity contribution in [1.82, 2.24) is 19.7 Å². The fourth-order valence-corrected chi connectivity index (χ4v) is 2.96. The summed E-state index contributed by atoms with van der Waals surface area (Å²) in [5.41, 5.74) is 2.09. The Morgan fingerprint density at radius 3 is 2.78 bits per heavy atom. The number of hydrogen-bond donors (Lipinski definition) is 0. The largest absolute Gasteiger partial charge is 0.347 e. The third-order valence-electron chi connectivity index (χ3n) is 3.41. The molecular weight excluding hydrogens is 322 g/mol. The van der Waals surface area contributed by atoms with Crippen LogP contribution in [0.3, 0.4) is 0 Å². The van der Waals surface area contributed by atoms with E-state index < -0.39 is 6.43 Å². The summed E-state index contributed by atoms with van der Waals surface area (Å²) < 4.78 is 27.0. The molecule has 0 aliphatic heterocycles. The quantitative estimate of drug-likeness (QED) is 0.735. The van der Waals surface area contributed by atoms with Crippen LogP contribution < -0.4 is 0 Å². The Hall–Kier alpha value is -2.35. The number of likely N-dealkylation sites (N-methyl/N-ethyl adjacent to an activating group) is 1. The summed E-state index contributed by atoms with van der Waals surface area (Å²) in [5, 5.41) is 4.18. The van der Waals surface area contributed by atoms with Crippen LogP contribution in [0.2, 0.25) is 0 Å². The highest BCUT2D eigenvalue weighted by molar-refractivity contribution is 7.15. The molecule has 5 nitrogen and oxygen atoms in total. The first kappa shape index (κ1) is 15.5. The molecule has 0 unspecified atom stereocenters. The molecule has 0 atom stereocenters. The minimum atomic E-state index is -2.48. The molecule has 23 heavy (non-hydrogen) atoms. The summed E-state index contributed by atoms with van der Waals surface area (Å²) in [4.78, 5) is 18.4. The highest BCUT2D eigenvalue weighted by Gasteiger charge is 2.14. The molecule has 3 aromatic heterocycles. The summed E-state index contributed by atoms with van der Waals surface area (Å²) in [7, 11) is 3.35. The van der Waals surface area contributed by atoms with Crippen molar-refractivity contribution in [3.05, 3.63) is 35.5 Å². The Balaban J connectivity index is 1.98. The average Bonchev–Trinajstić information content (AvgIpc) is 3.14. The van der Waals surface area contributed by atoms with Gasteiger partial charge in [0, 0.05) is 30.7 Å². The number of alkyl halides is 2. The zero-order valence-corrected chi connectivity index (χ0v) is 13.3. The molecule has 0 aromatic carbocycles. The molecule has 0 N–H and O–H groups in total. The molecule has 0 radical (unpaired) electrons. The Bertz CT molecular complexity index is 856. The minimum absolute atomic E-state index is 0.0244. The first-order valence-electron chi connectivity index (χ1n) is 6.85. The van der Waals surface area contributed by atoms with Crippen LogP contribution in [0, 0.1) is 0 Å². The second kappa shape index (κ2) is 6.04. The molecule has 3 heterocycles. The van der Waals surface area contributed by atoms with Crippen LogP contribution in [0.15, 0.2) is 30.6 Å². The number of rotatable bonds is 4. The molecule has 0 aliphatic rings. The van der Waals surface area contributed by atoms with E-state index in [1.807, 2.05) is 6.07 Å². The van der Waals surface area contributed by atoms with Crippen molar-refractivity contribution in [2.45, 2.75) is 13.0 Å². The van der Waals surface area contributed by atoms with Gasteiger partial charge in [0.1, 0.15) is 12.1 Å². The van der Waals surface area contributed by atoms with Gasteiger partial charge >= 0.3 is 0 Å². The maximum atomic E-state index is 12.7. The van der Waals surface area contributed by atoms with Gasteiger partial charge in [-0.2, -0.15) is 5.10 Å². The number of aromatic nitrogens is 3. The molecule has 0 saturated heterocycles. The molecule has 0 bridgehead atoms. The van der Waals surface area contributed by atoms with Gasteiger partial charge in [0.2, 0.25) is 5.91 Å². The molecule has 3 aromatic rings. The van der Waals surface area contributed by atoms with Crippen molar-refractivity contribution in [1.29, 1.82) is 0 Å². The number of hydrogen-bond acceptors (Lipinski definition) is 4. The van der Waals surface area contributed by atoms with Gasteiger partial charge in [-0.3, -0.25) is 14.5 Å². The Labute approximate surface area is 135 Å². The van der Waals surface area contributed by atoms with E-state index in [0.717, 1.165) is 16.9 Å². The monoisotopic (exact) mass is 336 g/mol. The van der Waals surface area contributed by atoms with E-state index in [9.17, 15) is 13.6 Å². The maximum absolute atomic E-state index is 12.7. The Kier molecular flexibility index (Phi) is 4.08. The van der Waals surface area contributed by atoms with Gasteiger partial charge in [-0.25, -0.2) is 8.78 Å². The normalized spacial score (nSPS) is 11.3. The zero-order chi connectivity index (χ0) is 16.6. The van der Waals surface area contributed by atoms with Crippen molar-refractivity contribution in [2.24, 2.45) is 0 Å². The number of carbonyl (C=O) groups excluding carboxylic acids is 1. The summed E-state index contributed by atoms with van der Waals surface area (Å²) in [5.74, 6) is -0.0866. The fraction of sp³-hybridized carbons (Fsp3) is 0.267. The first-order chi connectivity index (χ1) is 11.0. The van der Waals surface area contributed by atoms with Crippen LogP contribution in [0.4, 0.5) is 8.78 Å². The number of amides is 1. The summed E-state index contributed by atoms with van der Waals surface area (Å²) in [6, 6.07) is 4.89. The van der Waals surface area contributed by atoms with Crippen molar-refractivity contribution >= 4 is 28.3 Å². The van der Waals surface area contributed by atoms with E-state index in [1.165, 1.54) is 11.0 Å². The van der Waals surface area contributed by atoms with E-state index in [-0.39, 0.29) is 17.3 Å². The lowest BCUT2D eigenvalue weighted by Crippen LogP contribution is -2.26. The van der Waals surface area contributed by atoms with E-state index in [4.69, 9.17) is 0 Å². The van der Waals surface area contributed by atoms with E-state index in [1.54, 1.807) is 37.2 Å². The zero-order valence-electron chi connectivity index (χ0n) is 12.5. The number of pyridine rings is 1. The Morgan fingerprint density at radius 1 is 1.35 bits per heavy atom. The van der Waals surface area contributed by atoms with Crippen molar-refractivity contribution in [2.75, 3.05) is 14.1 Å². The van der Waals surface area contributed by atoms with Crippen LogP contribution in [0.1, 0.15) is 11.3 Å². The molecule has 0 saturated carbocycles. The summed E-state index contributed by atoms with van der Waals surface area (Å²) in [6.45, 7) is 0.106. The second-order valence-corrected chi connectivity index (χ2v) is 6.34. The van der Waals surface area contributed by atoms with Crippen LogP contribution in [0.5, 0.6) is 0 Å². The van der Waals surface area contributed by atoms with Crippen molar-refractivity contribution in [3.8, 4) is 10.4 Å². The predicted molar refractivity (Wildman–Crippen MR) is 84.5 cm³/mol. The fourth-order valence-electron chi connectivity index (χ4n) is 2.11. The maximum Gasteiger partial charge on any atom is 0.272 e. The second-order valence-electron chi connectivity index (χ2n) is 5.22. The van der Waals surface area contributed by atoms with E-state index in [0.29, 0.717) is 15.9 Å². The van der Waals surface area contributed by atoms with Gasteiger partial charge < -0.3 is 4.90 Å². The van der Waals surface area contributed by atoms with Gasteiger partial charge in [0.25, 0.3) is 6.43 Å². The predicted octanol–water partition coefficient (Wildman–Crippen LogP) is 3.19. The summed E-state index contributed by atoms with van der Waals surface area (Å²) >= 11 is 1.04. The molecule has 8 heteroatoms. The van der Waals surface area contributed by atoms with Gasteiger partial charge in [0.15, 0.2) is 0 Å². The highest BCUT2D eigenvalue weighted by atomic mass is 32.1. The number of thiophene rings is 1. The van der Waals surface area contributed by atoms with Gasteiger partial charge in [0.05, 0.1) is 16.6 Å². The standard InChI is InChI=1S/C15H14F2N4OS/c1-20(2)14(22)8-21-11-5-9(6-18-10(11)7-19-21)12-3-4-13(23-12)15(16)17/h3-7,15H,8H2,1-2H3. The average molecular weight is 336 g/mol. The number of fused-ring (bicyclic) bond motifs is 1. The van der Waals surface area contributed by atoms with Crippen LogP contribution >= 0.6 is 11.3 Å². The molecule has 0 fully saturated rings. The minimum Gasteiger partial charge on any atom is -0.347 e.